The fourth-order valence-corrected chi connectivity index (χ4v) is 0.891. The number of methoxy groups -OCH3 is 1. The molecule has 0 aromatic carbocycles. The lowest BCUT2D eigenvalue weighted by Gasteiger charge is -2.05. The quantitative estimate of drug-likeness (QED) is 0.442. The minimum absolute atomic E-state index is 0.0413. The van der Waals surface area contributed by atoms with E-state index < -0.39 is 7.12 Å². The summed E-state index contributed by atoms with van der Waals surface area (Å²) in [6, 6.07) is 2.75. The number of rotatable bonds is 3. The van der Waals surface area contributed by atoms with Crippen LogP contribution in [0.2, 0.25) is 0 Å². The molecule has 0 aliphatic rings. The van der Waals surface area contributed by atoms with Crippen molar-refractivity contribution in [3.8, 4) is 5.88 Å². The third-order valence-corrected chi connectivity index (χ3v) is 1.50. The van der Waals surface area contributed by atoms with Crippen molar-refractivity contribution in [2.24, 2.45) is 0 Å². The fourth-order valence-electron chi connectivity index (χ4n) is 0.891. The number of hydrogen-bond acceptors (Lipinski definition) is 5. The number of aromatic nitrogens is 1. The smallest absolute Gasteiger partial charge is 0.481 e. The Morgan fingerprint density at radius 3 is 2.69 bits per heavy atom. The molecule has 0 unspecified atom stereocenters. The van der Waals surface area contributed by atoms with Gasteiger partial charge in [0.15, 0.2) is 6.29 Å². The molecule has 1 rings (SSSR count). The molecule has 0 fully saturated rings. The van der Waals surface area contributed by atoms with E-state index in [0.29, 0.717) is 6.29 Å². The van der Waals surface area contributed by atoms with Gasteiger partial charge in [0.05, 0.1) is 7.11 Å². The van der Waals surface area contributed by atoms with Gasteiger partial charge in [0.2, 0.25) is 5.88 Å². The highest BCUT2D eigenvalue weighted by atomic mass is 16.5. The van der Waals surface area contributed by atoms with Crippen LogP contribution in [-0.4, -0.2) is 35.5 Å². The molecule has 13 heavy (non-hydrogen) atoms. The zero-order valence-corrected chi connectivity index (χ0v) is 6.97. The van der Waals surface area contributed by atoms with E-state index in [1.165, 1.54) is 19.2 Å². The highest BCUT2D eigenvalue weighted by molar-refractivity contribution is 6.59. The Kier molecular flexibility index (Phi) is 3.00. The van der Waals surface area contributed by atoms with E-state index >= 15 is 0 Å². The van der Waals surface area contributed by atoms with Crippen LogP contribution >= 0.6 is 0 Å². The standard InChI is InChI=1S/C7H8BNO4/c1-13-7-6(8(11)12)3-2-5(4-10)9-7/h2-4,11-12H,1H3. The third kappa shape index (κ3) is 2.04. The number of hydrogen-bond donors (Lipinski definition) is 2. The molecule has 0 saturated heterocycles. The van der Waals surface area contributed by atoms with Gasteiger partial charge in [-0.15, -0.1) is 0 Å². The molecule has 1 aromatic heterocycles. The van der Waals surface area contributed by atoms with Crippen LogP contribution in [0.1, 0.15) is 10.5 Å². The number of pyridine rings is 1. The van der Waals surface area contributed by atoms with Crippen molar-refractivity contribution in [2.45, 2.75) is 0 Å². The Balaban J connectivity index is 3.15. The normalized spacial score (nSPS) is 9.46. The number of carbonyl (C=O) groups excluding carboxylic acids is 1. The van der Waals surface area contributed by atoms with Crippen molar-refractivity contribution < 1.29 is 19.6 Å². The van der Waals surface area contributed by atoms with Crippen molar-refractivity contribution >= 4 is 18.9 Å². The predicted molar refractivity (Wildman–Crippen MR) is 46.0 cm³/mol. The largest absolute Gasteiger partial charge is 0.494 e. The van der Waals surface area contributed by atoms with Crippen molar-refractivity contribution in [1.82, 2.24) is 4.98 Å². The summed E-state index contributed by atoms with van der Waals surface area (Å²) < 4.78 is 4.76. The maximum Gasteiger partial charge on any atom is 0.494 e. The Hall–Kier alpha value is -1.40. The molecular weight excluding hydrogens is 173 g/mol. The van der Waals surface area contributed by atoms with Gasteiger partial charge in [0.1, 0.15) is 5.69 Å². The van der Waals surface area contributed by atoms with Crippen molar-refractivity contribution in [2.75, 3.05) is 7.11 Å². The molecule has 5 nitrogen and oxygen atoms in total. The van der Waals surface area contributed by atoms with E-state index in [-0.39, 0.29) is 17.0 Å². The number of ether oxygens (including phenoxy) is 1. The van der Waals surface area contributed by atoms with Gasteiger partial charge in [0, 0.05) is 5.46 Å². The van der Waals surface area contributed by atoms with Crippen LogP contribution in [0.4, 0.5) is 0 Å². The van der Waals surface area contributed by atoms with E-state index in [1.54, 1.807) is 0 Å². The fraction of sp³-hybridized carbons (Fsp3) is 0.143. The first-order chi connectivity index (χ1) is 6.19. The molecule has 0 bridgehead atoms. The minimum atomic E-state index is -1.65. The summed E-state index contributed by atoms with van der Waals surface area (Å²) >= 11 is 0. The van der Waals surface area contributed by atoms with Crippen LogP contribution in [-0.2, 0) is 0 Å². The Morgan fingerprint density at radius 2 is 2.23 bits per heavy atom. The van der Waals surface area contributed by atoms with Gasteiger partial charge in [-0.2, -0.15) is 0 Å². The summed E-state index contributed by atoms with van der Waals surface area (Å²) in [6.07, 6.45) is 0.552. The maximum atomic E-state index is 10.3. The summed E-state index contributed by atoms with van der Waals surface area (Å²) in [4.78, 5) is 14.0. The van der Waals surface area contributed by atoms with E-state index in [4.69, 9.17) is 14.8 Å². The van der Waals surface area contributed by atoms with Gasteiger partial charge in [-0.3, -0.25) is 4.79 Å². The van der Waals surface area contributed by atoms with E-state index in [0.717, 1.165) is 0 Å². The molecule has 0 atom stereocenters. The third-order valence-electron chi connectivity index (χ3n) is 1.50. The first-order valence-corrected chi connectivity index (χ1v) is 3.55. The Morgan fingerprint density at radius 1 is 1.54 bits per heavy atom. The van der Waals surface area contributed by atoms with Crippen LogP contribution in [0, 0.1) is 0 Å². The van der Waals surface area contributed by atoms with E-state index in [1.807, 2.05) is 0 Å². The van der Waals surface area contributed by atoms with Crippen LogP contribution in [0.15, 0.2) is 12.1 Å². The van der Waals surface area contributed by atoms with Gasteiger partial charge >= 0.3 is 7.12 Å². The number of carbonyl (C=O) groups is 1. The summed E-state index contributed by atoms with van der Waals surface area (Å²) in [6.45, 7) is 0. The summed E-state index contributed by atoms with van der Waals surface area (Å²) in [7, 11) is -0.314. The molecule has 0 saturated carbocycles. The molecule has 1 heterocycles. The number of aldehydes is 1. The average molecular weight is 181 g/mol. The lowest BCUT2D eigenvalue weighted by Crippen LogP contribution is -2.32. The highest BCUT2D eigenvalue weighted by Gasteiger charge is 2.18. The van der Waals surface area contributed by atoms with Gasteiger partial charge in [0.25, 0.3) is 0 Å². The summed E-state index contributed by atoms with van der Waals surface area (Å²) in [5.41, 5.74) is 0.314. The molecule has 6 heteroatoms. The van der Waals surface area contributed by atoms with Gasteiger partial charge in [-0.25, -0.2) is 4.98 Å². The van der Waals surface area contributed by atoms with E-state index in [2.05, 4.69) is 4.98 Å². The lowest BCUT2D eigenvalue weighted by atomic mass is 9.81. The first kappa shape index (κ1) is 9.69. The second-order valence-corrected chi connectivity index (χ2v) is 2.33. The zero-order valence-electron chi connectivity index (χ0n) is 6.97. The minimum Gasteiger partial charge on any atom is -0.481 e. The molecule has 68 valence electrons. The Labute approximate surface area is 75.1 Å². The van der Waals surface area contributed by atoms with Crippen LogP contribution in [0.25, 0.3) is 0 Å². The van der Waals surface area contributed by atoms with Crippen molar-refractivity contribution in [3.63, 3.8) is 0 Å². The zero-order chi connectivity index (χ0) is 9.84. The van der Waals surface area contributed by atoms with Crippen molar-refractivity contribution in [3.05, 3.63) is 17.8 Å². The molecule has 0 spiro atoms. The topological polar surface area (TPSA) is 79.7 Å². The molecule has 0 amide bonds. The van der Waals surface area contributed by atoms with Crippen LogP contribution < -0.4 is 10.2 Å². The number of nitrogens with zero attached hydrogens (tertiary/aromatic N) is 1. The second-order valence-electron chi connectivity index (χ2n) is 2.33. The molecular formula is C7H8BNO4. The predicted octanol–water partition coefficient (Wildman–Crippen LogP) is -1.42. The average Bonchev–Trinajstić information content (AvgIpc) is 2.16. The van der Waals surface area contributed by atoms with Crippen LogP contribution in [0.5, 0.6) is 5.88 Å². The monoisotopic (exact) mass is 181 g/mol. The van der Waals surface area contributed by atoms with E-state index in [9.17, 15) is 4.79 Å². The highest BCUT2D eigenvalue weighted by Crippen LogP contribution is 2.03. The molecule has 0 radical (unpaired) electrons. The maximum absolute atomic E-state index is 10.3. The van der Waals surface area contributed by atoms with Crippen molar-refractivity contribution in [1.29, 1.82) is 0 Å². The van der Waals surface area contributed by atoms with Gasteiger partial charge in [-0.1, -0.05) is 6.07 Å². The molecule has 1 aromatic rings. The van der Waals surface area contributed by atoms with Gasteiger partial charge < -0.3 is 14.8 Å². The molecule has 2 N–H and O–H groups in total. The summed E-state index contributed by atoms with van der Waals surface area (Å²) in [5, 5.41) is 17.7. The van der Waals surface area contributed by atoms with Gasteiger partial charge in [-0.05, 0) is 6.07 Å². The first-order valence-electron chi connectivity index (χ1n) is 3.55. The summed E-state index contributed by atoms with van der Waals surface area (Å²) in [5.74, 6) is 0.0413. The van der Waals surface area contributed by atoms with Crippen LogP contribution in [0.3, 0.4) is 0 Å². The Bertz CT molecular complexity index is 315. The molecule has 0 aliphatic heterocycles. The second kappa shape index (κ2) is 4.02. The lowest BCUT2D eigenvalue weighted by molar-refractivity contribution is 0.111. The SMILES string of the molecule is COc1nc(C=O)ccc1B(O)O. The molecule has 0 aliphatic carbocycles.